The second-order valence-corrected chi connectivity index (χ2v) is 7.49. The molecule has 8 heteroatoms. The number of hydrogen-bond acceptors (Lipinski definition) is 6. The molecular formula is C22H18ClN3O3S. The van der Waals surface area contributed by atoms with Crippen LogP contribution < -0.4 is 10.6 Å². The number of aromatic nitrogens is 1. The van der Waals surface area contributed by atoms with Crippen molar-refractivity contribution in [2.45, 2.75) is 9.92 Å². The van der Waals surface area contributed by atoms with Crippen LogP contribution in [0.3, 0.4) is 0 Å². The lowest BCUT2D eigenvalue weighted by molar-refractivity contribution is -0.136. The highest BCUT2D eigenvalue weighted by Crippen LogP contribution is 2.27. The number of methoxy groups -OCH3 is 1. The maximum atomic E-state index is 12.3. The smallest absolute Gasteiger partial charge is 0.356 e. The zero-order chi connectivity index (χ0) is 21.3. The first-order valence-electron chi connectivity index (χ1n) is 8.86. The van der Waals surface area contributed by atoms with E-state index in [9.17, 15) is 9.59 Å². The number of esters is 1. The molecule has 1 heterocycles. The third-order valence-electron chi connectivity index (χ3n) is 3.85. The Hall–Kier alpha value is -3.29. The lowest BCUT2D eigenvalue weighted by Crippen LogP contribution is -2.28. The average Bonchev–Trinajstić information content (AvgIpc) is 2.79. The molecule has 0 saturated heterocycles. The van der Waals surface area contributed by atoms with Gasteiger partial charge in [0.25, 0.3) is 5.91 Å². The summed E-state index contributed by atoms with van der Waals surface area (Å²) in [4.78, 5) is 29.7. The fourth-order valence-corrected chi connectivity index (χ4v) is 3.23. The van der Waals surface area contributed by atoms with Gasteiger partial charge in [0.05, 0.1) is 19.0 Å². The number of anilines is 1. The van der Waals surface area contributed by atoms with Crippen molar-refractivity contribution >= 4 is 40.9 Å². The van der Waals surface area contributed by atoms with E-state index in [0.29, 0.717) is 16.3 Å². The summed E-state index contributed by atoms with van der Waals surface area (Å²) in [7, 11) is 1.25. The first-order valence-corrected chi connectivity index (χ1v) is 10.1. The fraction of sp³-hybridized carbons (Fsp3) is 0.0455. The van der Waals surface area contributed by atoms with Crippen molar-refractivity contribution in [1.29, 1.82) is 0 Å². The number of benzene rings is 2. The van der Waals surface area contributed by atoms with E-state index in [-0.39, 0.29) is 5.70 Å². The molecule has 2 N–H and O–H groups in total. The highest BCUT2D eigenvalue weighted by atomic mass is 35.5. The maximum absolute atomic E-state index is 12.3. The standard InChI is InChI=1S/C22H18ClN3O3S/c1-29-22(28)19(26-21(27)15-5-3-2-4-6-15)14-24-17-9-12-20(25-13-17)30-18-10-7-16(23)8-11-18/h2-14,24H,1H3,(H,26,27). The van der Waals surface area contributed by atoms with Crippen LogP contribution in [0.1, 0.15) is 10.4 Å². The molecule has 0 atom stereocenters. The van der Waals surface area contributed by atoms with Crippen molar-refractivity contribution in [2.75, 3.05) is 12.4 Å². The molecule has 0 spiro atoms. The third kappa shape index (κ3) is 6.10. The predicted molar refractivity (Wildman–Crippen MR) is 117 cm³/mol. The van der Waals surface area contributed by atoms with Gasteiger partial charge in [0.1, 0.15) is 10.7 Å². The van der Waals surface area contributed by atoms with Crippen molar-refractivity contribution in [3.63, 3.8) is 0 Å². The molecule has 1 aromatic heterocycles. The van der Waals surface area contributed by atoms with Crippen molar-refractivity contribution in [3.8, 4) is 0 Å². The van der Waals surface area contributed by atoms with E-state index in [2.05, 4.69) is 15.6 Å². The number of nitrogens with zero attached hydrogens (tertiary/aromatic N) is 1. The number of carbonyl (C=O) groups excluding carboxylic acids is 2. The van der Waals surface area contributed by atoms with Gasteiger partial charge in [-0.05, 0) is 48.5 Å². The summed E-state index contributed by atoms with van der Waals surface area (Å²) in [6, 6.07) is 19.7. The molecule has 0 saturated carbocycles. The minimum atomic E-state index is -0.672. The zero-order valence-electron chi connectivity index (χ0n) is 16.0. The second-order valence-electron chi connectivity index (χ2n) is 5.96. The molecule has 3 aromatic rings. The number of amides is 1. The normalized spacial score (nSPS) is 10.9. The number of nitrogens with one attached hydrogen (secondary N) is 2. The molecule has 3 rings (SSSR count). The summed E-state index contributed by atoms with van der Waals surface area (Å²) in [5.74, 6) is -1.09. The van der Waals surface area contributed by atoms with Crippen molar-refractivity contribution < 1.29 is 14.3 Å². The van der Waals surface area contributed by atoms with Gasteiger partial charge in [0, 0.05) is 21.7 Å². The van der Waals surface area contributed by atoms with Crippen LogP contribution in [0.4, 0.5) is 5.69 Å². The van der Waals surface area contributed by atoms with Crippen LogP contribution in [0, 0.1) is 0 Å². The van der Waals surface area contributed by atoms with Gasteiger partial charge in [0.15, 0.2) is 0 Å². The Kier molecular flexibility index (Phi) is 7.48. The Morgan fingerprint density at radius 3 is 2.40 bits per heavy atom. The van der Waals surface area contributed by atoms with Crippen molar-refractivity contribution in [1.82, 2.24) is 10.3 Å². The van der Waals surface area contributed by atoms with Crippen LogP contribution in [-0.2, 0) is 9.53 Å². The van der Waals surface area contributed by atoms with E-state index in [0.717, 1.165) is 9.92 Å². The molecule has 152 valence electrons. The fourth-order valence-electron chi connectivity index (χ4n) is 2.34. The summed E-state index contributed by atoms with van der Waals surface area (Å²) < 4.78 is 4.74. The summed E-state index contributed by atoms with van der Waals surface area (Å²) >= 11 is 7.40. The molecule has 0 aliphatic carbocycles. The molecule has 0 aliphatic heterocycles. The van der Waals surface area contributed by atoms with Gasteiger partial charge in [-0.3, -0.25) is 4.79 Å². The topological polar surface area (TPSA) is 80.3 Å². The Bertz CT molecular complexity index is 1040. The van der Waals surface area contributed by atoms with E-state index in [1.54, 1.807) is 36.5 Å². The first-order chi connectivity index (χ1) is 14.5. The van der Waals surface area contributed by atoms with E-state index in [4.69, 9.17) is 16.3 Å². The number of hydrogen-bond donors (Lipinski definition) is 2. The average molecular weight is 440 g/mol. The van der Waals surface area contributed by atoms with Crippen molar-refractivity contribution in [2.24, 2.45) is 0 Å². The van der Waals surface area contributed by atoms with Crippen LogP contribution >= 0.6 is 23.4 Å². The molecule has 0 unspecified atom stereocenters. The largest absolute Gasteiger partial charge is 0.464 e. The van der Waals surface area contributed by atoms with Crippen LogP contribution in [0.15, 0.2) is 94.7 Å². The molecule has 0 fully saturated rings. The lowest BCUT2D eigenvalue weighted by Gasteiger charge is -2.09. The molecule has 2 aromatic carbocycles. The van der Waals surface area contributed by atoms with Crippen LogP contribution in [0.5, 0.6) is 0 Å². The zero-order valence-corrected chi connectivity index (χ0v) is 17.5. The number of carbonyl (C=O) groups is 2. The quantitative estimate of drug-likeness (QED) is 0.408. The maximum Gasteiger partial charge on any atom is 0.356 e. The van der Waals surface area contributed by atoms with Crippen LogP contribution in [0.25, 0.3) is 0 Å². The van der Waals surface area contributed by atoms with Gasteiger partial charge in [0.2, 0.25) is 0 Å². The Balaban J connectivity index is 1.66. The molecule has 6 nitrogen and oxygen atoms in total. The highest BCUT2D eigenvalue weighted by Gasteiger charge is 2.14. The second kappa shape index (κ2) is 10.5. The Labute approximate surface area is 183 Å². The van der Waals surface area contributed by atoms with Crippen LogP contribution in [0.2, 0.25) is 5.02 Å². The van der Waals surface area contributed by atoms with Crippen molar-refractivity contribution in [3.05, 3.63) is 95.4 Å². The summed E-state index contributed by atoms with van der Waals surface area (Å²) in [5.41, 5.74) is 1.05. The molecule has 1 amide bonds. The molecular weight excluding hydrogens is 422 g/mol. The molecule has 0 aliphatic rings. The van der Waals surface area contributed by atoms with Gasteiger partial charge < -0.3 is 15.4 Å². The predicted octanol–water partition coefficient (Wildman–Crippen LogP) is 4.74. The van der Waals surface area contributed by atoms with Gasteiger partial charge >= 0.3 is 5.97 Å². The summed E-state index contributed by atoms with van der Waals surface area (Å²) in [6.45, 7) is 0. The van der Waals surface area contributed by atoms with Gasteiger partial charge in [-0.15, -0.1) is 0 Å². The van der Waals surface area contributed by atoms with Gasteiger partial charge in [-0.25, -0.2) is 9.78 Å². The number of ether oxygens (including phenoxy) is 1. The monoisotopic (exact) mass is 439 g/mol. The lowest BCUT2D eigenvalue weighted by atomic mass is 10.2. The van der Waals surface area contributed by atoms with E-state index >= 15 is 0 Å². The van der Waals surface area contributed by atoms with Gasteiger partial charge in [-0.1, -0.05) is 41.6 Å². The first kappa shape index (κ1) is 21.4. The molecule has 0 radical (unpaired) electrons. The molecule has 30 heavy (non-hydrogen) atoms. The minimum absolute atomic E-state index is 0.0223. The number of pyridine rings is 1. The highest BCUT2D eigenvalue weighted by molar-refractivity contribution is 7.99. The van der Waals surface area contributed by atoms with E-state index in [1.807, 2.05) is 36.4 Å². The third-order valence-corrected chi connectivity index (χ3v) is 5.06. The summed E-state index contributed by atoms with van der Waals surface area (Å²) in [5, 5.41) is 6.98. The SMILES string of the molecule is COC(=O)C(=CNc1ccc(Sc2ccc(Cl)cc2)nc1)NC(=O)c1ccccc1. The molecule has 0 bridgehead atoms. The Morgan fingerprint density at radius 2 is 1.77 bits per heavy atom. The van der Waals surface area contributed by atoms with Gasteiger partial charge in [-0.2, -0.15) is 0 Å². The number of halogens is 1. The van der Waals surface area contributed by atoms with E-state index in [1.165, 1.54) is 25.1 Å². The van der Waals surface area contributed by atoms with Crippen LogP contribution in [-0.4, -0.2) is 24.0 Å². The summed E-state index contributed by atoms with van der Waals surface area (Å²) in [6.07, 6.45) is 3.00. The van der Waals surface area contributed by atoms with E-state index < -0.39 is 11.9 Å². The number of rotatable bonds is 7. The Morgan fingerprint density at radius 1 is 1.03 bits per heavy atom. The minimum Gasteiger partial charge on any atom is -0.464 e.